The van der Waals surface area contributed by atoms with Gasteiger partial charge in [-0.15, -0.1) is 11.3 Å². The van der Waals surface area contributed by atoms with Crippen LogP contribution < -0.4 is 10.6 Å². The Morgan fingerprint density at radius 1 is 1.00 bits per heavy atom. The molecule has 3 aliphatic carbocycles. The van der Waals surface area contributed by atoms with E-state index in [1.54, 1.807) is 0 Å². The maximum Gasteiger partial charge on any atom is 0.307 e. The number of hydrogen-bond donors (Lipinski definition) is 3. The van der Waals surface area contributed by atoms with Gasteiger partial charge in [-0.2, -0.15) is 0 Å². The lowest BCUT2D eigenvalue weighted by Gasteiger charge is -2.23. The second-order valence-corrected chi connectivity index (χ2v) is 9.17. The summed E-state index contributed by atoms with van der Waals surface area (Å²) in [5, 5.41) is 17.9. The molecule has 2 saturated carbocycles. The van der Waals surface area contributed by atoms with Gasteiger partial charge in [0.15, 0.2) is 0 Å². The standard InChI is InChI=1S/C23H22N2O4S/c26-20(17-13-6-7-14(10-13)18(17)23(28)29)25-22-19(21(27)24-15-8-9-15)16(11-30-22)12-4-2-1-3-5-12/h1-7,11,13-15,17-18H,8-10H2,(H,24,27)(H,25,26)(H,28,29)/t13-,14+,17+,18+/m1/s1. The highest BCUT2D eigenvalue weighted by atomic mass is 32.1. The molecule has 4 atom stereocenters. The summed E-state index contributed by atoms with van der Waals surface area (Å²) >= 11 is 1.31. The fraction of sp³-hybridized carbons (Fsp3) is 0.348. The van der Waals surface area contributed by atoms with Crippen LogP contribution in [-0.2, 0) is 9.59 Å². The number of fused-ring (bicyclic) bond motifs is 2. The average molecular weight is 423 g/mol. The molecule has 2 bridgehead atoms. The summed E-state index contributed by atoms with van der Waals surface area (Å²) in [4.78, 5) is 37.9. The molecule has 2 fully saturated rings. The van der Waals surface area contributed by atoms with Crippen LogP contribution in [0.2, 0.25) is 0 Å². The minimum atomic E-state index is -0.935. The predicted octanol–water partition coefficient (Wildman–Crippen LogP) is 3.77. The number of carbonyl (C=O) groups excluding carboxylic acids is 2. The second-order valence-electron chi connectivity index (χ2n) is 8.29. The first kappa shape index (κ1) is 19.1. The number of carbonyl (C=O) groups is 3. The van der Waals surface area contributed by atoms with Gasteiger partial charge in [0.05, 0.1) is 17.4 Å². The van der Waals surface area contributed by atoms with Crippen molar-refractivity contribution in [2.45, 2.75) is 25.3 Å². The van der Waals surface area contributed by atoms with E-state index in [0.717, 1.165) is 24.0 Å². The minimum Gasteiger partial charge on any atom is -0.481 e. The van der Waals surface area contributed by atoms with E-state index in [-0.39, 0.29) is 29.7 Å². The van der Waals surface area contributed by atoms with E-state index >= 15 is 0 Å². The molecule has 0 radical (unpaired) electrons. The van der Waals surface area contributed by atoms with Crippen molar-refractivity contribution in [3.63, 3.8) is 0 Å². The monoisotopic (exact) mass is 422 g/mol. The third-order valence-corrected chi connectivity index (χ3v) is 7.19. The molecule has 1 aromatic carbocycles. The fourth-order valence-electron chi connectivity index (χ4n) is 4.70. The molecule has 0 spiro atoms. The van der Waals surface area contributed by atoms with Crippen molar-refractivity contribution >= 4 is 34.1 Å². The number of thiophene rings is 1. The van der Waals surface area contributed by atoms with Crippen molar-refractivity contribution in [1.82, 2.24) is 5.32 Å². The SMILES string of the molecule is O=C(NC1CC1)c1c(-c2ccccc2)csc1NC(=O)[C@@H]1[C@@H](C(=O)O)[C@H]2C=C[C@@H]1C2. The highest BCUT2D eigenvalue weighted by Crippen LogP contribution is 2.49. The maximum absolute atomic E-state index is 13.1. The molecule has 2 amide bonds. The van der Waals surface area contributed by atoms with Crippen LogP contribution in [0.4, 0.5) is 5.00 Å². The van der Waals surface area contributed by atoms with Crippen LogP contribution in [0.25, 0.3) is 11.1 Å². The van der Waals surface area contributed by atoms with E-state index in [0.29, 0.717) is 17.0 Å². The maximum atomic E-state index is 13.1. The predicted molar refractivity (Wildman–Crippen MR) is 114 cm³/mol. The van der Waals surface area contributed by atoms with Crippen molar-refractivity contribution in [2.24, 2.45) is 23.7 Å². The molecule has 30 heavy (non-hydrogen) atoms. The Kier molecular flexibility index (Phi) is 4.70. The first-order valence-corrected chi connectivity index (χ1v) is 11.1. The summed E-state index contributed by atoms with van der Waals surface area (Å²) in [5.41, 5.74) is 2.13. The number of nitrogens with one attached hydrogen (secondary N) is 2. The van der Waals surface area contributed by atoms with Gasteiger partial charge in [0, 0.05) is 17.0 Å². The molecule has 0 saturated heterocycles. The van der Waals surface area contributed by atoms with Gasteiger partial charge >= 0.3 is 5.97 Å². The molecular formula is C23H22N2O4S. The minimum absolute atomic E-state index is 0.0617. The Morgan fingerprint density at radius 3 is 2.37 bits per heavy atom. The molecule has 5 rings (SSSR count). The van der Waals surface area contributed by atoms with Crippen molar-refractivity contribution < 1.29 is 19.5 Å². The Bertz CT molecular complexity index is 1040. The van der Waals surface area contributed by atoms with Crippen LogP contribution in [-0.4, -0.2) is 28.9 Å². The molecule has 7 heteroatoms. The normalized spacial score (nSPS) is 26.5. The second kappa shape index (κ2) is 7.40. The van der Waals surface area contributed by atoms with Crippen molar-refractivity contribution in [2.75, 3.05) is 5.32 Å². The van der Waals surface area contributed by atoms with Crippen LogP contribution in [0.5, 0.6) is 0 Å². The number of aliphatic carboxylic acids is 1. The lowest BCUT2D eigenvalue weighted by molar-refractivity contribution is -0.146. The Hall–Kier alpha value is -2.93. The van der Waals surface area contributed by atoms with Gasteiger partial charge in [-0.3, -0.25) is 14.4 Å². The summed E-state index contributed by atoms with van der Waals surface area (Å²) in [6.45, 7) is 0. The van der Waals surface area contributed by atoms with E-state index in [9.17, 15) is 19.5 Å². The number of anilines is 1. The molecule has 3 aliphatic rings. The van der Waals surface area contributed by atoms with Crippen LogP contribution in [0, 0.1) is 23.7 Å². The summed E-state index contributed by atoms with van der Waals surface area (Å²) in [5.74, 6) is -2.93. The smallest absolute Gasteiger partial charge is 0.307 e. The van der Waals surface area contributed by atoms with Gasteiger partial charge in [0.1, 0.15) is 5.00 Å². The number of allylic oxidation sites excluding steroid dienone is 2. The quantitative estimate of drug-likeness (QED) is 0.618. The van der Waals surface area contributed by atoms with E-state index in [2.05, 4.69) is 10.6 Å². The number of benzene rings is 1. The summed E-state index contributed by atoms with van der Waals surface area (Å²) in [6.07, 6.45) is 6.51. The third kappa shape index (κ3) is 3.33. The van der Waals surface area contributed by atoms with Gasteiger partial charge in [-0.25, -0.2) is 0 Å². The van der Waals surface area contributed by atoms with Gasteiger partial charge in [-0.1, -0.05) is 42.5 Å². The zero-order valence-electron chi connectivity index (χ0n) is 16.2. The largest absolute Gasteiger partial charge is 0.481 e. The van der Waals surface area contributed by atoms with Crippen LogP contribution >= 0.6 is 11.3 Å². The van der Waals surface area contributed by atoms with Crippen molar-refractivity contribution in [3.8, 4) is 11.1 Å². The average Bonchev–Trinajstić information content (AvgIpc) is 3.15. The molecule has 0 unspecified atom stereocenters. The number of carboxylic acids is 1. The number of carboxylic acid groups (broad SMARTS) is 1. The lowest BCUT2D eigenvalue weighted by Crippen LogP contribution is -2.36. The number of rotatable bonds is 6. The van der Waals surface area contributed by atoms with Crippen LogP contribution in [0.1, 0.15) is 29.6 Å². The first-order valence-electron chi connectivity index (χ1n) is 10.2. The molecule has 6 nitrogen and oxygen atoms in total. The van der Waals surface area contributed by atoms with E-state index in [4.69, 9.17) is 0 Å². The zero-order valence-corrected chi connectivity index (χ0v) is 17.0. The molecule has 2 aromatic rings. The first-order chi connectivity index (χ1) is 14.5. The zero-order chi connectivity index (χ0) is 20.8. The van der Waals surface area contributed by atoms with Gasteiger partial charge in [0.2, 0.25) is 5.91 Å². The summed E-state index contributed by atoms with van der Waals surface area (Å²) in [7, 11) is 0. The van der Waals surface area contributed by atoms with Gasteiger partial charge in [-0.05, 0) is 36.7 Å². The highest BCUT2D eigenvalue weighted by molar-refractivity contribution is 7.15. The van der Waals surface area contributed by atoms with Crippen LogP contribution in [0.15, 0.2) is 47.9 Å². The van der Waals surface area contributed by atoms with Crippen LogP contribution in [0.3, 0.4) is 0 Å². The summed E-state index contributed by atoms with van der Waals surface area (Å²) < 4.78 is 0. The fourth-order valence-corrected chi connectivity index (χ4v) is 5.67. The third-order valence-electron chi connectivity index (χ3n) is 6.30. The Labute approximate surface area is 178 Å². The van der Waals surface area contributed by atoms with E-state index < -0.39 is 17.8 Å². The summed E-state index contributed by atoms with van der Waals surface area (Å²) in [6, 6.07) is 9.79. The van der Waals surface area contributed by atoms with E-state index in [1.165, 1.54) is 11.3 Å². The number of amides is 2. The Balaban J connectivity index is 1.46. The molecular weight excluding hydrogens is 400 g/mol. The topological polar surface area (TPSA) is 95.5 Å². The number of hydrogen-bond acceptors (Lipinski definition) is 4. The van der Waals surface area contributed by atoms with Gasteiger partial charge in [0.25, 0.3) is 5.91 Å². The molecule has 1 heterocycles. The molecule has 3 N–H and O–H groups in total. The molecule has 0 aliphatic heterocycles. The molecule has 154 valence electrons. The highest BCUT2D eigenvalue weighted by Gasteiger charge is 2.51. The van der Waals surface area contributed by atoms with Gasteiger partial charge < -0.3 is 15.7 Å². The van der Waals surface area contributed by atoms with Crippen molar-refractivity contribution in [3.05, 3.63) is 53.4 Å². The lowest BCUT2D eigenvalue weighted by atomic mass is 9.82. The Morgan fingerprint density at radius 2 is 1.70 bits per heavy atom. The molecule has 1 aromatic heterocycles. The van der Waals surface area contributed by atoms with E-state index in [1.807, 2.05) is 47.9 Å². The van der Waals surface area contributed by atoms with Crippen molar-refractivity contribution in [1.29, 1.82) is 0 Å².